The van der Waals surface area contributed by atoms with E-state index in [0.29, 0.717) is 52.4 Å². The van der Waals surface area contributed by atoms with E-state index in [9.17, 15) is 0 Å². The fraction of sp³-hybridized carbons (Fsp3) is 0.0261. The summed E-state index contributed by atoms with van der Waals surface area (Å²) < 4.78 is 11.2. The van der Waals surface area contributed by atoms with Gasteiger partial charge in [-0.05, 0) is 128 Å². The van der Waals surface area contributed by atoms with Gasteiger partial charge in [-0.1, -0.05) is 285 Å². The van der Waals surface area contributed by atoms with Crippen molar-refractivity contribution in [3.8, 4) is 170 Å². The summed E-state index contributed by atoms with van der Waals surface area (Å²) in [5, 5.41) is 6.96. The third kappa shape index (κ3) is 14.0. The van der Waals surface area contributed by atoms with Crippen molar-refractivity contribution in [2.75, 3.05) is 0 Å². The maximum absolute atomic E-state index is 6.29. The molecule has 0 bridgehead atoms. The van der Waals surface area contributed by atoms with E-state index in [-0.39, 0.29) is 0 Å². The number of hydrogen-bond donors (Lipinski definition) is 0. The van der Waals surface area contributed by atoms with Gasteiger partial charge < -0.3 is 4.42 Å². The van der Waals surface area contributed by atoms with E-state index >= 15 is 0 Å². The van der Waals surface area contributed by atoms with E-state index in [1.807, 2.05) is 241 Å². The van der Waals surface area contributed by atoms with E-state index in [1.165, 1.54) is 113 Å². The third-order valence-electron chi connectivity index (χ3n) is 25.1. The summed E-state index contributed by atoms with van der Waals surface area (Å²) in [6.07, 6.45) is 11.6. The second-order valence-electron chi connectivity index (χ2n) is 33.0. The largest absolute Gasteiger partial charge is 0.456 e. The monoisotopic (exact) mass is 1730 g/mol. The number of rotatable bonds is 12. The van der Waals surface area contributed by atoms with Gasteiger partial charge in [-0.15, -0.1) is 22.7 Å². The molecular formula is C115H70N14OS2. The Kier molecular flexibility index (Phi) is 19.1. The summed E-state index contributed by atoms with van der Waals surface area (Å²) in [6.45, 7) is 0. The highest BCUT2D eigenvalue weighted by atomic mass is 32.1. The van der Waals surface area contributed by atoms with Crippen LogP contribution in [0.4, 0.5) is 0 Å². The Morgan fingerprint density at radius 1 is 0.212 bits per heavy atom. The van der Waals surface area contributed by atoms with Gasteiger partial charge in [0.1, 0.15) is 23.8 Å². The van der Waals surface area contributed by atoms with Gasteiger partial charge in [0.05, 0.1) is 17.1 Å². The van der Waals surface area contributed by atoms with E-state index in [2.05, 4.69) is 178 Å². The van der Waals surface area contributed by atoms with Crippen molar-refractivity contribution in [3.63, 3.8) is 0 Å². The van der Waals surface area contributed by atoms with Crippen LogP contribution in [0.2, 0.25) is 0 Å². The molecule has 3 aliphatic rings. The topological polar surface area (TPSA) is 194 Å². The molecule has 9 aromatic heterocycles. The van der Waals surface area contributed by atoms with Gasteiger partial charge >= 0.3 is 0 Å². The normalized spacial score (nSPS) is 12.0. The summed E-state index contributed by atoms with van der Waals surface area (Å²) in [7, 11) is 0. The van der Waals surface area contributed by atoms with Crippen molar-refractivity contribution in [1.29, 1.82) is 0 Å². The van der Waals surface area contributed by atoms with Gasteiger partial charge in [-0.25, -0.2) is 64.8 Å². The first-order chi connectivity index (χ1) is 65.4. The Morgan fingerprint density at radius 3 is 0.992 bits per heavy atom. The second-order valence-corrected chi connectivity index (χ2v) is 35.1. The molecule has 27 rings (SSSR count). The molecule has 0 spiro atoms. The summed E-state index contributed by atoms with van der Waals surface area (Å²) >= 11 is 3.63. The van der Waals surface area contributed by atoms with Crippen LogP contribution in [0.1, 0.15) is 33.4 Å². The predicted molar refractivity (Wildman–Crippen MR) is 531 cm³/mol. The van der Waals surface area contributed by atoms with E-state index < -0.39 is 0 Å². The predicted octanol–water partition coefficient (Wildman–Crippen LogP) is 27.9. The van der Waals surface area contributed by atoms with Gasteiger partial charge in [0.15, 0.2) is 52.4 Å². The number of benzene rings is 15. The molecule has 9 heterocycles. The Labute approximate surface area is 765 Å². The van der Waals surface area contributed by atoms with Gasteiger partial charge in [0.2, 0.25) is 0 Å². The first-order valence-corrected chi connectivity index (χ1v) is 45.4. The van der Waals surface area contributed by atoms with E-state index in [0.717, 1.165) is 119 Å². The van der Waals surface area contributed by atoms with Crippen molar-refractivity contribution >= 4 is 85.0 Å². The number of fused-ring (bicyclic) bond motifs is 18. The van der Waals surface area contributed by atoms with Crippen molar-refractivity contribution < 1.29 is 4.42 Å². The van der Waals surface area contributed by atoms with Crippen LogP contribution in [0.5, 0.6) is 0 Å². The summed E-state index contributed by atoms with van der Waals surface area (Å²) in [4.78, 5) is 66.9. The number of nitrogens with zero attached hydrogens (tertiary/aromatic N) is 14. The van der Waals surface area contributed by atoms with Crippen molar-refractivity contribution in [3.05, 3.63) is 423 Å². The van der Waals surface area contributed by atoms with E-state index in [1.54, 1.807) is 12.7 Å². The average molecular weight is 1730 g/mol. The van der Waals surface area contributed by atoms with Gasteiger partial charge in [-0.3, -0.25) is 4.98 Å². The lowest BCUT2D eigenvalue weighted by Gasteiger charge is -2.10. The molecule has 0 aliphatic heterocycles. The number of furan rings is 1. The van der Waals surface area contributed by atoms with Crippen LogP contribution >= 0.6 is 22.7 Å². The zero-order valence-electron chi connectivity index (χ0n) is 70.6. The van der Waals surface area contributed by atoms with Crippen LogP contribution in [0, 0.1) is 0 Å². The minimum atomic E-state index is 0.616. The number of thiophene rings is 2. The van der Waals surface area contributed by atoms with Crippen LogP contribution in [0.3, 0.4) is 0 Å². The zero-order chi connectivity index (χ0) is 87.1. The van der Waals surface area contributed by atoms with Crippen molar-refractivity contribution in [2.24, 2.45) is 0 Å². The van der Waals surface area contributed by atoms with Gasteiger partial charge in [0, 0.05) is 167 Å². The van der Waals surface area contributed by atoms with Crippen molar-refractivity contribution in [2.45, 2.75) is 19.3 Å². The highest BCUT2D eigenvalue weighted by molar-refractivity contribution is 7.27. The standard InChI is InChI=1S/C39H24N4S.C38H23N5O.C38H23N5S/c1-3-11-24(12-4-1)37-41-38(25-13-5-2-6-14-25)43-39(42-37)32-21-9-20-31-30-19-8-18-29(35(30)44-36(31)32)27-16-7-17-28-33(27)23-26-15-10-22-40-34(26)28;2*1-3-8-23(9-4-1)36-41-37(24-10-5-2-6-11-24)43-38(42-36)26-15-17-34-32(19-26)31-18-25(14-16-33(31)44-34)28-12-7-13-29-30(28)20-27-21-39-22-40-35(27)29/h1-22H,23H2;2*1-19,21-22H,20H2. The van der Waals surface area contributed by atoms with Crippen molar-refractivity contribution in [1.82, 2.24) is 69.8 Å². The van der Waals surface area contributed by atoms with Gasteiger partial charge in [0.25, 0.3) is 0 Å². The molecule has 17 heteroatoms. The Hall–Kier alpha value is -17.1. The number of aromatic nitrogens is 14. The lowest BCUT2D eigenvalue weighted by atomic mass is 9.95. The molecule has 0 fully saturated rings. The van der Waals surface area contributed by atoms with Crippen LogP contribution < -0.4 is 0 Å². The summed E-state index contributed by atoms with van der Waals surface area (Å²) in [5.74, 6) is 5.89. The minimum Gasteiger partial charge on any atom is -0.456 e. The van der Waals surface area contributed by atoms with E-state index in [4.69, 9.17) is 54.3 Å². The third-order valence-corrected chi connectivity index (χ3v) is 27.5. The molecule has 0 radical (unpaired) electrons. The molecule has 24 aromatic rings. The van der Waals surface area contributed by atoms with Gasteiger partial charge in [-0.2, -0.15) is 0 Å². The van der Waals surface area contributed by atoms with Crippen LogP contribution in [-0.4, -0.2) is 69.8 Å². The number of pyridine rings is 1. The maximum Gasteiger partial charge on any atom is 0.165 e. The fourth-order valence-electron chi connectivity index (χ4n) is 18.8. The quantitative estimate of drug-likeness (QED) is 0.112. The Morgan fingerprint density at radius 2 is 0.538 bits per heavy atom. The molecule has 132 heavy (non-hydrogen) atoms. The molecule has 0 saturated carbocycles. The highest BCUT2D eigenvalue weighted by Gasteiger charge is 2.29. The molecular weight excluding hydrogens is 1660 g/mol. The molecule has 0 amide bonds. The first kappa shape index (κ1) is 77.2. The fourth-order valence-corrected chi connectivity index (χ4v) is 21.2. The van der Waals surface area contributed by atoms with Crippen LogP contribution in [0.25, 0.3) is 232 Å². The average Bonchev–Trinajstić information content (AvgIpc) is 1.58. The SMILES string of the molecule is c1ccc(-c2nc(-c3ccccc3)nc(-c3ccc4oc5ccc(-c6cccc7c6Cc6cncnc6-7)cc5c4c3)n2)cc1.c1ccc(-c2nc(-c3ccccc3)nc(-c3ccc4sc5ccc(-c6cccc7c6Cc6cncnc6-7)cc5c4c3)n2)cc1.c1ccc(-c2nc(-c3ccccc3)nc(-c3cccc4c3sc3c(-c5cccc6c5Cc5cccnc5-6)cccc34)n2)cc1. The Balaban J connectivity index is 0.000000106. The summed E-state index contributed by atoms with van der Waals surface area (Å²) in [5.41, 5.74) is 32.0. The number of hydrogen-bond acceptors (Lipinski definition) is 17. The molecule has 0 atom stereocenters. The minimum absolute atomic E-state index is 0.616. The maximum atomic E-state index is 6.29. The lowest BCUT2D eigenvalue weighted by Crippen LogP contribution is -2.00. The van der Waals surface area contributed by atoms with Crippen LogP contribution in [0.15, 0.2) is 394 Å². The second kappa shape index (κ2) is 32.6. The molecule has 15 nitrogen and oxygen atoms in total. The molecule has 0 unspecified atom stereocenters. The molecule has 0 N–H and O–H groups in total. The smallest absolute Gasteiger partial charge is 0.165 e. The molecule has 3 aliphatic carbocycles. The Bertz CT molecular complexity index is 8180. The first-order valence-electron chi connectivity index (χ1n) is 43.8. The zero-order valence-corrected chi connectivity index (χ0v) is 72.2. The molecule has 15 aromatic carbocycles. The highest BCUT2D eigenvalue weighted by Crippen LogP contribution is 2.50. The molecule has 0 saturated heterocycles. The molecule has 618 valence electrons. The summed E-state index contributed by atoms with van der Waals surface area (Å²) in [6, 6.07) is 123. The van der Waals surface area contributed by atoms with Crippen LogP contribution in [-0.2, 0) is 19.3 Å². The lowest BCUT2D eigenvalue weighted by molar-refractivity contribution is 0.669.